The Hall–Kier alpha value is -4.57. The second-order valence-corrected chi connectivity index (χ2v) is 10.5. The minimum absolute atomic E-state index is 0.0265. The number of para-hydroxylation sites is 1. The summed E-state index contributed by atoms with van der Waals surface area (Å²) in [6, 6.07) is 24.1. The van der Waals surface area contributed by atoms with Gasteiger partial charge in [-0.05, 0) is 73.2 Å². The molecule has 4 aromatic rings. The fourth-order valence-corrected chi connectivity index (χ4v) is 5.29. The molecule has 10 heteroatoms. The second kappa shape index (κ2) is 11.9. The summed E-state index contributed by atoms with van der Waals surface area (Å²) >= 11 is 0. The van der Waals surface area contributed by atoms with E-state index in [0.717, 1.165) is 46.3 Å². The van der Waals surface area contributed by atoms with Crippen LogP contribution in [-0.2, 0) is 14.8 Å². The molecule has 4 aromatic carbocycles. The molecule has 0 saturated heterocycles. The van der Waals surface area contributed by atoms with Crippen molar-refractivity contribution < 1.29 is 26.8 Å². The lowest BCUT2D eigenvalue weighted by Gasteiger charge is -2.24. The first-order valence-electron chi connectivity index (χ1n) is 11.9. The number of rotatable bonds is 9. The van der Waals surface area contributed by atoms with Crippen molar-refractivity contribution in [1.82, 2.24) is 5.32 Å². The Labute approximate surface area is 225 Å². The predicted molar refractivity (Wildman–Crippen MR) is 145 cm³/mol. The molecule has 0 heterocycles. The largest absolute Gasteiger partial charge is 0.345 e. The van der Waals surface area contributed by atoms with E-state index in [4.69, 9.17) is 0 Å². The highest BCUT2D eigenvalue weighted by Gasteiger charge is 2.28. The van der Waals surface area contributed by atoms with Crippen LogP contribution < -0.4 is 14.9 Å². The predicted octanol–water partition coefficient (Wildman–Crippen LogP) is 5.29. The molecule has 0 saturated carbocycles. The van der Waals surface area contributed by atoms with Gasteiger partial charge in [0.25, 0.3) is 15.9 Å². The number of benzene rings is 4. The van der Waals surface area contributed by atoms with Crippen LogP contribution in [0.3, 0.4) is 0 Å². The number of halogens is 2. The summed E-state index contributed by atoms with van der Waals surface area (Å²) in [6.07, 6.45) is 0. The summed E-state index contributed by atoms with van der Waals surface area (Å²) in [7, 11) is -4.34. The number of nitrogens with one attached hydrogen (secondary N) is 2. The molecule has 7 nitrogen and oxygen atoms in total. The van der Waals surface area contributed by atoms with Crippen LogP contribution in [0.25, 0.3) is 0 Å². The third-order valence-electron chi connectivity index (χ3n) is 5.90. The lowest BCUT2D eigenvalue weighted by atomic mass is 10.1. The first-order valence-corrected chi connectivity index (χ1v) is 13.4. The fourth-order valence-electron chi connectivity index (χ4n) is 3.87. The number of anilines is 2. The van der Waals surface area contributed by atoms with Crippen LogP contribution in [0.4, 0.5) is 20.2 Å². The quantitative estimate of drug-likeness (QED) is 0.297. The number of nitrogens with zero attached hydrogens (tertiary/aromatic N) is 1. The molecule has 0 aliphatic heterocycles. The van der Waals surface area contributed by atoms with Crippen LogP contribution in [0.2, 0.25) is 0 Å². The van der Waals surface area contributed by atoms with Crippen LogP contribution >= 0.6 is 0 Å². The van der Waals surface area contributed by atoms with Crippen molar-refractivity contribution in [3.63, 3.8) is 0 Å². The zero-order chi connectivity index (χ0) is 28.0. The average Bonchev–Trinajstić information content (AvgIpc) is 2.93. The van der Waals surface area contributed by atoms with E-state index >= 15 is 0 Å². The summed E-state index contributed by atoms with van der Waals surface area (Å²) in [5, 5.41) is 5.49. The molecular formula is C29H25F2N3O4S. The minimum atomic E-state index is -4.34. The van der Waals surface area contributed by atoms with Crippen LogP contribution in [-0.4, -0.2) is 26.8 Å². The topological polar surface area (TPSA) is 95.6 Å². The van der Waals surface area contributed by atoms with E-state index in [1.807, 2.05) is 37.3 Å². The fraction of sp³-hybridized carbons (Fsp3) is 0.103. The molecule has 39 heavy (non-hydrogen) atoms. The van der Waals surface area contributed by atoms with Gasteiger partial charge in [-0.1, -0.05) is 42.5 Å². The number of carbonyl (C=O) groups excluding carboxylic acids is 2. The van der Waals surface area contributed by atoms with Crippen molar-refractivity contribution in [1.29, 1.82) is 0 Å². The van der Waals surface area contributed by atoms with Crippen LogP contribution in [0, 0.1) is 11.6 Å². The van der Waals surface area contributed by atoms with Gasteiger partial charge in [0.2, 0.25) is 5.91 Å². The lowest BCUT2D eigenvalue weighted by Crippen LogP contribution is -2.38. The molecule has 1 unspecified atom stereocenters. The van der Waals surface area contributed by atoms with E-state index in [1.54, 1.807) is 12.1 Å². The molecule has 4 rings (SSSR count). The van der Waals surface area contributed by atoms with Gasteiger partial charge in [0.1, 0.15) is 18.2 Å². The van der Waals surface area contributed by atoms with Gasteiger partial charge in [0, 0.05) is 0 Å². The summed E-state index contributed by atoms with van der Waals surface area (Å²) in [6.45, 7) is 1.14. The van der Waals surface area contributed by atoms with Gasteiger partial charge >= 0.3 is 0 Å². The summed E-state index contributed by atoms with van der Waals surface area (Å²) in [5.74, 6) is -2.40. The molecule has 0 aliphatic carbocycles. The number of hydrogen-bond acceptors (Lipinski definition) is 4. The smallest absolute Gasteiger partial charge is 0.264 e. The summed E-state index contributed by atoms with van der Waals surface area (Å²) < 4.78 is 54.6. The third kappa shape index (κ3) is 6.66. The van der Waals surface area contributed by atoms with Crippen molar-refractivity contribution in [3.8, 4) is 0 Å². The molecule has 2 N–H and O–H groups in total. The van der Waals surface area contributed by atoms with E-state index in [2.05, 4.69) is 10.6 Å². The average molecular weight is 550 g/mol. The molecule has 0 radical (unpaired) electrons. The number of amides is 2. The molecule has 2 amide bonds. The first-order chi connectivity index (χ1) is 18.6. The Kier molecular flexibility index (Phi) is 8.36. The van der Waals surface area contributed by atoms with Crippen molar-refractivity contribution in [2.75, 3.05) is 16.2 Å². The Morgan fingerprint density at radius 2 is 1.36 bits per heavy atom. The zero-order valence-electron chi connectivity index (χ0n) is 20.8. The Morgan fingerprint density at radius 1 is 0.795 bits per heavy atom. The normalized spacial score (nSPS) is 11.9. The molecule has 200 valence electrons. The van der Waals surface area contributed by atoms with E-state index < -0.39 is 40.0 Å². The Morgan fingerprint density at radius 3 is 2.00 bits per heavy atom. The van der Waals surface area contributed by atoms with Gasteiger partial charge in [-0.3, -0.25) is 13.9 Å². The third-order valence-corrected chi connectivity index (χ3v) is 7.68. The molecule has 0 bridgehead atoms. The molecule has 1 atom stereocenters. The second-order valence-electron chi connectivity index (χ2n) is 8.64. The lowest BCUT2D eigenvalue weighted by molar-refractivity contribution is -0.114. The molecule has 0 spiro atoms. The van der Waals surface area contributed by atoms with Crippen molar-refractivity contribution in [2.24, 2.45) is 0 Å². The van der Waals surface area contributed by atoms with Crippen LogP contribution in [0.15, 0.2) is 108 Å². The van der Waals surface area contributed by atoms with Crippen molar-refractivity contribution >= 4 is 33.2 Å². The molecule has 0 aromatic heterocycles. The van der Waals surface area contributed by atoms with Crippen molar-refractivity contribution in [2.45, 2.75) is 17.9 Å². The monoisotopic (exact) mass is 549 g/mol. The van der Waals surface area contributed by atoms with E-state index in [1.165, 1.54) is 24.3 Å². The highest BCUT2D eigenvalue weighted by atomic mass is 32.2. The van der Waals surface area contributed by atoms with E-state index in [0.29, 0.717) is 0 Å². The summed E-state index contributed by atoms with van der Waals surface area (Å²) in [5.41, 5.74) is 1.29. The maximum absolute atomic E-state index is 13.6. The summed E-state index contributed by atoms with van der Waals surface area (Å²) in [4.78, 5) is 25.9. The van der Waals surface area contributed by atoms with E-state index in [9.17, 15) is 26.8 Å². The molecular weight excluding hydrogens is 524 g/mol. The number of carbonyl (C=O) groups is 2. The highest BCUT2D eigenvalue weighted by Crippen LogP contribution is 2.25. The number of sulfonamides is 1. The maximum Gasteiger partial charge on any atom is 0.264 e. The van der Waals surface area contributed by atoms with Gasteiger partial charge in [0.05, 0.1) is 27.9 Å². The number of hydrogen-bond donors (Lipinski definition) is 2. The van der Waals surface area contributed by atoms with Gasteiger partial charge in [-0.2, -0.15) is 0 Å². The Bertz CT molecular complexity index is 1560. The van der Waals surface area contributed by atoms with Crippen molar-refractivity contribution in [3.05, 3.63) is 126 Å². The zero-order valence-corrected chi connectivity index (χ0v) is 21.7. The van der Waals surface area contributed by atoms with E-state index in [-0.39, 0.29) is 27.9 Å². The highest BCUT2D eigenvalue weighted by molar-refractivity contribution is 7.92. The van der Waals surface area contributed by atoms with Crippen LogP contribution in [0.1, 0.15) is 28.9 Å². The van der Waals surface area contributed by atoms with Gasteiger partial charge in [0.15, 0.2) is 0 Å². The maximum atomic E-state index is 13.6. The first kappa shape index (κ1) is 27.5. The van der Waals surface area contributed by atoms with Crippen LogP contribution in [0.5, 0.6) is 0 Å². The molecule has 0 aliphatic rings. The minimum Gasteiger partial charge on any atom is -0.345 e. The Balaban J connectivity index is 1.57. The standard InChI is InChI=1S/C29H25F2N3O4S/c1-20(21-7-3-2-4-8-21)32-29(36)26-9-5-6-10-27(26)33-28(35)19-34(24-15-11-22(30)12-16-24)39(37,38)25-17-13-23(31)14-18-25/h2-18,20H,19H2,1H3,(H,32,36)(H,33,35). The van der Waals surface area contributed by atoms with Gasteiger partial charge in [-0.25, -0.2) is 17.2 Å². The van der Waals surface area contributed by atoms with Gasteiger partial charge < -0.3 is 10.6 Å². The molecule has 0 fully saturated rings. The SMILES string of the molecule is CC(NC(=O)c1ccccc1NC(=O)CN(c1ccc(F)cc1)S(=O)(=O)c1ccc(F)cc1)c1ccccc1. The van der Waals surface area contributed by atoms with Gasteiger partial charge in [-0.15, -0.1) is 0 Å².